The number of rotatable bonds is 19. The smallest absolute Gasteiger partial charge is 0.353 e. The summed E-state index contributed by atoms with van der Waals surface area (Å²) in [6.45, 7) is 3.30. The Balaban J connectivity index is 0.931. The highest BCUT2D eigenvalue weighted by Gasteiger charge is 2.21. The molecule has 0 aliphatic heterocycles. The minimum absolute atomic E-state index is 0.232. The molecule has 0 amide bonds. The normalized spacial score (nSPS) is 13.7. The lowest BCUT2D eigenvalue weighted by Gasteiger charge is -2.17. The predicted octanol–water partition coefficient (Wildman–Crippen LogP) is 7.57. The Morgan fingerprint density at radius 1 is 0.979 bits per heavy atom. The molecule has 47 heavy (non-hydrogen) atoms. The molecule has 3 aromatic heterocycles. The zero-order valence-electron chi connectivity index (χ0n) is 26.9. The zero-order chi connectivity index (χ0) is 33.2. The van der Waals surface area contributed by atoms with Crippen molar-refractivity contribution in [2.24, 2.45) is 0 Å². The summed E-state index contributed by atoms with van der Waals surface area (Å²) in [5.74, 6) is 1.10. The van der Waals surface area contributed by atoms with Gasteiger partial charge in [0.05, 0.1) is 49.4 Å². The van der Waals surface area contributed by atoms with Crippen LogP contribution < -0.4 is 15.8 Å². The summed E-state index contributed by atoms with van der Waals surface area (Å²) in [5.41, 5.74) is 9.76. The minimum atomic E-state index is -3.84. The molecule has 2 atom stereocenters. The van der Waals surface area contributed by atoms with Gasteiger partial charge in [0, 0.05) is 22.3 Å². The van der Waals surface area contributed by atoms with E-state index in [4.69, 9.17) is 36.3 Å². The van der Waals surface area contributed by atoms with Gasteiger partial charge >= 0.3 is 7.60 Å². The first-order valence-electron chi connectivity index (χ1n) is 16.0. The number of fused-ring (bicyclic) bond motifs is 3. The number of unbranched alkanes of at least 4 members (excludes halogenated alkanes) is 7. The maximum Gasteiger partial charge on any atom is 0.353 e. The van der Waals surface area contributed by atoms with Gasteiger partial charge in [-0.3, -0.25) is 4.57 Å². The van der Waals surface area contributed by atoms with Gasteiger partial charge in [-0.1, -0.05) is 50.1 Å². The first kappa shape index (κ1) is 34.8. The van der Waals surface area contributed by atoms with E-state index in [0.29, 0.717) is 28.5 Å². The molecule has 14 heteroatoms. The Morgan fingerprint density at radius 3 is 2.53 bits per heavy atom. The van der Waals surface area contributed by atoms with Crippen LogP contribution in [0.25, 0.3) is 33.0 Å². The third kappa shape index (κ3) is 9.52. The summed E-state index contributed by atoms with van der Waals surface area (Å²) in [7, 11) is -2.17. The second-order valence-electron chi connectivity index (χ2n) is 11.7. The van der Waals surface area contributed by atoms with Crippen molar-refractivity contribution in [3.8, 4) is 5.75 Å². The molecule has 1 unspecified atom stereocenters. The number of nitrogens with one attached hydrogen (secondary N) is 1. The van der Waals surface area contributed by atoms with Gasteiger partial charge in [0.15, 0.2) is 11.5 Å². The molecule has 5 aromatic rings. The van der Waals surface area contributed by atoms with Crippen LogP contribution in [0, 0.1) is 0 Å². The van der Waals surface area contributed by atoms with Gasteiger partial charge in [0.2, 0.25) is 0 Å². The fourth-order valence-electron chi connectivity index (χ4n) is 5.54. The maximum absolute atomic E-state index is 12.4. The minimum Gasteiger partial charge on any atom is -0.497 e. The largest absolute Gasteiger partial charge is 0.497 e. The Hall–Kier alpha value is -3.54. The van der Waals surface area contributed by atoms with Crippen molar-refractivity contribution in [2.45, 2.75) is 70.9 Å². The number of hydrogen-bond donors (Lipinski definition) is 3. The third-order valence-electron chi connectivity index (χ3n) is 8.01. The molecule has 0 saturated heterocycles. The summed E-state index contributed by atoms with van der Waals surface area (Å²) in [6.07, 6.45) is 10.6. The highest BCUT2D eigenvalue weighted by atomic mass is 35.5. The van der Waals surface area contributed by atoms with Gasteiger partial charge in [-0.15, -0.1) is 0 Å². The lowest BCUT2D eigenvalue weighted by atomic mass is 10.1. The summed E-state index contributed by atoms with van der Waals surface area (Å²) in [4.78, 5) is 27.3. The van der Waals surface area contributed by atoms with Gasteiger partial charge in [-0.25, -0.2) is 19.9 Å². The third-order valence-corrected chi connectivity index (χ3v) is 9.31. The van der Waals surface area contributed by atoms with E-state index >= 15 is 0 Å². The van der Waals surface area contributed by atoms with Crippen molar-refractivity contribution < 1.29 is 23.5 Å². The molecule has 0 radical (unpaired) electrons. The van der Waals surface area contributed by atoms with Crippen LogP contribution in [-0.2, 0) is 20.4 Å². The molecule has 4 N–H and O–H groups in total. The average Bonchev–Trinajstić information content (AvgIpc) is 3.47. The lowest BCUT2D eigenvalue weighted by molar-refractivity contribution is 0.0715. The number of pyridine rings is 1. The van der Waals surface area contributed by atoms with Crippen LogP contribution >= 0.6 is 19.2 Å². The van der Waals surface area contributed by atoms with Crippen LogP contribution in [0.2, 0.25) is 5.02 Å². The fraction of sp³-hybridized carbons (Fsp3) is 0.455. The second kappa shape index (κ2) is 16.5. The topological polar surface area (TPSA) is 160 Å². The number of benzene rings is 2. The predicted molar refractivity (Wildman–Crippen MR) is 187 cm³/mol. The summed E-state index contributed by atoms with van der Waals surface area (Å²) in [6, 6.07) is 11.7. The summed E-state index contributed by atoms with van der Waals surface area (Å²) in [5, 5.41) is 6.40. The second-order valence-corrected chi connectivity index (χ2v) is 13.9. The van der Waals surface area contributed by atoms with Crippen LogP contribution in [0.4, 0.5) is 11.5 Å². The monoisotopic (exact) mass is 683 g/mol. The number of imidazole rings is 1. The molecule has 5 rings (SSSR count). The molecular formula is C33H43ClN7O5P. The molecule has 0 aliphatic carbocycles. The Labute approximate surface area is 279 Å². The maximum atomic E-state index is 12.4. The van der Waals surface area contributed by atoms with Crippen molar-refractivity contribution in [3.05, 3.63) is 54.1 Å². The molecule has 3 heterocycles. The number of nitrogens with two attached hydrogens (primary N) is 1. The number of halogens is 1. The van der Waals surface area contributed by atoms with E-state index in [1.165, 1.54) is 6.33 Å². The number of anilines is 2. The van der Waals surface area contributed by atoms with E-state index < -0.39 is 7.60 Å². The van der Waals surface area contributed by atoms with Crippen LogP contribution in [0.5, 0.6) is 5.75 Å². The number of hydrogen-bond acceptors (Lipinski definition) is 10. The van der Waals surface area contributed by atoms with Crippen molar-refractivity contribution >= 4 is 63.7 Å². The van der Waals surface area contributed by atoms with E-state index in [1.54, 1.807) is 18.0 Å². The zero-order valence-corrected chi connectivity index (χ0v) is 28.6. The lowest BCUT2D eigenvalue weighted by Crippen LogP contribution is -2.17. The van der Waals surface area contributed by atoms with Gasteiger partial charge in [-0.05, 0) is 56.2 Å². The SMILES string of the molecule is COc1ccc2nc3cc(Cl)ccc3c(NCCCCCCCCCCOP(=O)(O)CO[C@H](C)Cn3cnc4c(N)ncnc43)c2c1. The molecule has 252 valence electrons. The molecule has 2 aromatic carbocycles. The quantitative estimate of drug-likeness (QED) is 0.0447. The van der Waals surface area contributed by atoms with Gasteiger partial charge in [0.1, 0.15) is 23.9 Å². The summed E-state index contributed by atoms with van der Waals surface area (Å²) >= 11 is 6.25. The highest BCUT2D eigenvalue weighted by Crippen LogP contribution is 2.42. The van der Waals surface area contributed by atoms with Gasteiger partial charge < -0.3 is 34.5 Å². The molecule has 0 spiro atoms. The highest BCUT2D eigenvalue weighted by molar-refractivity contribution is 7.52. The van der Waals surface area contributed by atoms with Crippen LogP contribution in [-0.4, -0.2) is 62.1 Å². The number of aromatic nitrogens is 5. The number of methoxy groups -OCH3 is 1. The average molecular weight is 684 g/mol. The van der Waals surface area contributed by atoms with Gasteiger partial charge in [-0.2, -0.15) is 0 Å². The molecule has 0 saturated carbocycles. The van der Waals surface area contributed by atoms with E-state index in [-0.39, 0.29) is 19.1 Å². The Morgan fingerprint density at radius 2 is 1.74 bits per heavy atom. The van der Waals surface area contributed by atoms with Crippen LogP contribution in [0.3, 0.4) is 0 Å². The standard InChI is InChI=1S/C33H43ClN7O5P/c1-23(19-41-21-39-31-32(35)37-20-38-33(31)41)45-22-47(42,43)46-16-10-8-6-4-3-5-7-9-15-36-30-26-13-11-24(34)17-29(26)40-28-14-12-25(44-2)18-27(28)30/h11-14,17-18,20-21,23H,3-10,15-16,19,22H2,1-2H3,(H,36,40)(H,42,43)(H2,35,37,38)/t23-/m1/s1. The Kier molecular flexibility index (Phi) is 12.2. The molecule has 12 nitrogen and oxygen atoms in total. The van der Waals surface area contributed by atoms with Crippen molar-refractivity contribution in [1.82, 2.24) is 24.5 Å². The van der Waals surface area contributed by atoms with Crippen molar-refractivity contribution in [2.75, 3.05) is 37.7 Å². The first-order valence-corrected chi connectivity index (χ1v) is 18.2. The van der Waals surface area contributed by atoms with E-state index in [9.17, 15) is 9.46 Å². The number of nitrogens with zero attached hydrogens (tertiary/aromatic N) is 5. The molecule has 0 bridgehead atoms. The van der Waals surface area contributed by atoms with Crippen LogP contribution in [0.15, 0.2) is 49.1 Å². The molecular weight excluding hydrogens is 641 g/mol. The van der Waals surface area contributed by atoms with E-state index in [2.05, 4.69) is 20.3 Å². The molecule has 0 aliphatic rings. The Bertz CT molecular complexity index is 1840. The first-order chi connectivity index (χ1) is 22.7. The van der Waals surface area contributed by atoms with Gasteiger partial charge in [0.25, 0.3) is 0 Å². The van der Waals surface area contributed by atoms with E-state index in [0.717, 1.165) is 91.2 Å². The van der Waals surface area contributed by atoms with Crippen LogP contribution in [0.1, 0.15) is 58.3 Å². The van der Waals surface area contributed by atoms with Crippen molar-refractivity contribution in [3.63, 3.8) is 0 Å². The summed E-state index contributed by atoms with van der Waals surface area (Å²) < 4.78 is 30.6. The fourth-order valence-corrected chi connectivity index (χ4v) is 6.64. The number of ether oxygens (including phenoxy) is 2. The van der Waals surface area contributed by atoms with E-state index in [1.807, 2.05) is 43.3 Å². The van der Waals surface area contributed by atoms with Crippen molar-refractivity contribution in [1.29, 1.82) is 0 Å². The molecule has 0 fully saturated rings. The number of nitrogen functional groups attached to an aromatic ring is 1.